The average Bonchev–Trinajstić information content (AvgIpc) is 2.36. The molecule has 19 heavy (non-hydrogen) atoms. The summed E-state index contributed by atoms with van der Waals surface area (Å²) in [5.41, 5.74) is 1.51. The maximum Gasteiger partial charge on any atom is 0.305 e. The molecule has 0 spiro atoms. The van der Waals surface area contributed by atoms with Crippen LogP contribution in [-0.2, 0) is 16.8 Å². The van der Waals surface area contributed by atoms with Crippen LogP contribution in [0.2, 0.25) is 0 Å². The van der Waals surface area contributed by atoms with Gasteiger partial charge < -0.3 is 19.9 Å². The van der Waals surface area contributed by atoms with E-state index >= 15 is 0 Å². The molecule has 0 bridgehead atoms. The van der Waals surface area contributed by atoms with Gasteiger partial charge in [0.25, 0.3) is 0 Å². The van der Waals surface area contributed by atoms with E-state index in [0.29, 0.717) is 11.5 Å². The van der Waals surface area contributed by atoms with Crippen molar-refractivity contribution in [3.05, 3.63) is 23.3 Å². The highest BCUT2D eigenvalue weighted by atomic mass is 16.5. The highest BCUT2D eigenvalue weighted by molar-refractivity contribution is 5.69. The Balaban J connectivity index is 2.51. The van der Waals surface area contributed by atoms with E-state index in [4.69, 9.17) is 14.6 Å². The molecule has 1 aliphatic heterocycles. The largest absolute Gasteiger partial charge is 0.493 e. The number of carboxylic acids is 1. The standard InChI is InChI=1S/C14H19NO4/c1-14(8-13(16)17)10-7-12(19-3)11(18-2)6-9(10)4-5-15-14/h6-7,15H,4-5,8H2,1-3H3,(H,16,17). The van der Waals surface area contributed by atoms with Crippen LogP contribution in [-0.4, -0.2) is 31.8 Å². The molecule has 1 aromatic rings. The normalized spacial score (nSPS) is 21.6. The molecule has 5 heteroatoms. The Morgan fingerprint density at radius 2 is 2.00 bits per heavy atom. The number of benzene rings is 1. The lowest BCUT2D eigenvalue weighted by atomic mass is 9.81. The summed E-state index contributed by atoms with van der Waals surface area (Å²) in [6.07, 6.45) is 0.889. The van der Waals surface area contributed by atoms with E-state index in [2.05, 4.69) is 5.32 Å². The summed E-state index contributed by atoms with van der Waals surface area (Å²) >= 11 is 0. The minimum Gasteiger partial charge on any atom is -0.493 e. The van der Waals surface area contributed by atoms with Crippen LogP contribution in [0.3, 0.4) is 0 Å². The molecule has 0 saturated carbocycles. The molecule has 1 unspecified atom stereocenters. The van der Waals surface area contributed by atoms with Gasteiger partial charge in [0.1, 0.15) is 0 Å². The van der Waals surface area contributed by atoms with Gasteiger partial charge in [-0.3, -0.25) is 4.79 Å². The second-order valence-electron chi connectivity index (χ2n) is 4.94. The molecule has 0 aromatic heterocycles. The number of fused-ring (bicyclic) bond motifs is 1. The second-order valence-corrected chi connectivity index (χ2v) is 4.94. The fourth-order valence-corrected chi connectivity index (χ4v) is 2.67. The number of ether oxygens (including phenoxy) is 2. The van der Waals surface area contributed by atoms with Crippen molar-refractivity contribution in [2.24, 2.45) is 0 Å². The van der Waals surface area contributed by atoms with Gasteiger partial charge in [0, 0.05) is 6.54 Å². The molecular weight excluding hydrogens is 246 g/mol. The molecule has 1 heterocycles. The van der Waals surface area contributed by atoms with Crippen molar-refractivity contribution in [3.8, 4) is 11.5 Å². The Kier molecular flexibility index (Phi) is 3.66. The van der Waals surface area contributed by atoms with Crippen molar-refractivity contribution in [3.63, 3.8) is 0 Å². The molecule has 5 nitrogen and oxygen atoms in total. The predicted octanol–water partition coefficient (Wildman–Crippen LogP) is 1.54. The van der Waals surface area contributed by atoms with Gasteiger partial charge in [-0.2, -0.15) is 0 Å². The number of hydrogen-bond donors (Lipinski definition) is 2. The smallest absolute Gasteiger partial charge is 0.305 e. The van der Waals surface area contributed by atoms with Gasteiger partial charge in [-0.25, -0.2) is 0 Å². The highest BCUT2D eigenvalue weighted by Gasteiger charge is 2.35. The van der Waals surface area contributed by atoms with E-state index in [1.54, 1.807) is 14.2 Å². The van der Waals surface area contributed by atoms with Crippen molar-refractivity contribution >= 4 is 5.97 Å². The Bertz CT molecular complexity index is 500. The van der Waals surface area contributed by atoms with E-state index in [0.717, 1.165) is 24.1 Å². The highest BCUT2D eigenvalue weighted by Crippen LogP contribution is 2.38. The zero-order chi connectivity index (χ0) is 14.0. The van der Waals surface area contributed by atoms with Crippen LogP contribution in [0, 0.1) is 0 Å². The number of carbonyl (C=O) groups is 1. The van der Waals surface area contributed by atoms with Gasteiger partial charge in [-0.05, 0) is 36.6 Å². The molecular formula is C14H19NO4. The molecule has 0 aliphatic carbocycles. The van der Waals surface area contributed by atoms with E-state index < -0.39 is 11.5 Å². The molecule has 104 valence electrons. The van der Waals surface area contributed by atoms with Gasteiger partial charge in [0.05, 0.1) is 26.2 Å². The topological polar surface area (TPSA) is 67.8 Å². The van der Waals surface area contributed by atoms with E-state index in [9.17, 15) is 4.79 Å². The molecule has 2 rings (SSSR count). The van der Waals surface area contributed by atoms with Crippen molar-refractivity contribution in [1.29, 1.82) is 0 Å². The Labute approximate surface area is 112 Å². The number of nitrogens with one attached hydrogen (secondary N) is 1. The summed E-state index contributed by atoms with van der Waals surface area (Å²) in [4.78, 5) is 11.1. The third-order valence-electron chi connectivity index (χ3n) is 3.62. The third kappa shape index (κ3) is 2.51. The lowest BCUT2D eigenvalue weighted by Crippen LogP contribution is -2.46. The van der Waals surface area contributed by atoms with Crippen LogP contribution in [0.5, 0.6) is 11.5 Å². The summed E-state index contributed by atoms with van der Waals surface area (Å²) in [6, 6.07) is 3.82. The monoisotopic (exact) mass is 265 g/mol. The first kappa shape index (κ1) is 13.7. The van der Waals surface area contributed by atoms with Crippen LogP contribution in [0.25, 0.3) is 0 Å². The lowest BCUT2D eigenvalue weighted by Gasteiger charge is -2.36. The first-order chi connectivity index (χ1) is 9.00. The fraction of sp³-hybridized carbons (Fsp3) is 0.500. The molecule has 1 aliphatic rings. The molecule has 0 saturated heterocycles. The Hall–Kier alpha value is -1.75. The number of methoxy groups -OCH3 is 2. The molecule has 0 radical (unpaired) electrons. The summed E-state index contributed by atoms with van der Waals surface area (Å²) in [6.45, 7) is 2.66. The van der Waals surface area contributed by atoms with Gasteiger partial charge >= 0.3 is 5.97 Å². The van der Waals surface area contributed by atoms with E-state index in [1.807, 2.05) is 19.1 Å². The maximum atomic E-state index is 11.1. The number of hydrogen-bond acceptors (Lipinski definition) is 4. The van der Waals surface area contributed by atoms with Crippen molar-refractivity contribution in [2.45, 2.75) is 25.3 Å². The number of aliphatic carboxylic acids is 1. The zero-order valence-corrected chi connectivity index (χ0v) is 11.4. The van der Waals surface area contributed by atoms with Crippen LogP contribution in [0.15, 0.2) is 12.1 Å². The van der Waals surface area contributed by atoms with Gasteiger partial charge in [0.2, 0.25) is 0 Å². The minimum absolute atomic E-state index is 0.0372. The molecule has 2 N–H and O–H groups in total. The van der Waals surface area contributed by atoms with Crippen LogP contribution >= 0.6 is 0 Å². The number of carboxylic acid groups (broad SMARTS) is 1. The van der Waals surface area contributed by atoms with E-state index in [1.165, 1.54) is 0 Å². The third-order valence-corrected chi connectivity index (χ3v) is 3.62. The number of rotatable bonds is 4. The zero-order valence-electron chi connectivity index (χ0n) is 11.4. The molecule has 0 fully saturated rings. The van der Waals surface area contributed by atoms with Gasteiger partial charge in [-0.1, -0.05) is 0 Å². The second kappa shape index (κ2) is 5.09. The van der Waals surface area contributed by atoms with Crippen LogP contribution < -0.4 is 14.8 Å². The minimum atomic E-state index is -0.822. The Morgan fingerprint density at radius 1 is 1.37 bits per heavy atom. The summed E-state index contributed by atoms with van der Waals surface area (Å²) in [5.74, 6) is 0.486. The van der Waals surface area contributed by atoms with Gasteiger partial charge in [-0.15, -0.1) is 0 Å². The molecule has 1 aromatic carbocycles. The van der Waals surface area contributed by atoms with Gasteiger partial charge in [0.15, 0.2) is 11.5 Å². The summed E-state index contributed by atoms with van der Waals surface area (Å²) in [5, 5.41) is 12.4. The van der Waals surface area contributed by atoms with Crippen molar-refractivity contribution in [1.82, 2.24) is 5.32 Å². The van der Waals surface area contributed by atoms with Crippen LogP contribution in [0.1, 0.15) is 24.5 Å². The lowest BCUT2D eigenvalue weighted by molar-refractivity contribution is -0.138. The molecule has 1 atom stereocenters. The maximum absolute atomic E-state index is 11.1. The summed E-state index contributed by atoms with van der Waals surface area (Å²) in [7, 11) is 3.18. The SMILES string of the molecule is COc1cc2c(cc1OC)C(C)(CC(=O)O)NCC2. The predicted molar refractivity (Wildman–Crippen MR) is 70.9 cm³/mol. The average molecular weight is 265 g/mol. The quantitative estimate of drug-likeness (QED) is 0.864. The summed E-state index contributed by atoms with van der Waals surface area (Å²) < 4.78 is 10.6. The molecule has 0 amide bonds. The fourth-order valence-electron chi connectivity index (χ4n) is 2.67. The Morgan fingerprint density at radius 3 is 2.58 bits per heavy atom. The first-order valence-corrected chi connectivity index (χ1v) is 6.22. The van der Waals surface area contributed by atoms with E-state index in [-0.39, 0.29) is 6.42 Å². The van der Waals surface area contributed by atoms with Crippen LogP contribution in [0.4, 0.5) is 0 Å². The first-order valence-electron chi connectivity index (χ1n) is 6.22. The van der Waals surface area contributed by atoms with Crippen molar-refractivity contribution in [2.75, 3.05) is 20.8 Å². The van der Waals surface area contributed by atoms with Crippen molar-refractivity contribution < 1.29 is 19.4 Å².